The lowest BCUT2D eigenvalue weighted by molar-refractivity contribution is -0.120. The lowest BCUT2D eigenvalue weighted by Crippen LogP contribution is -2.41. The number of halogens is 2. The number of ketones is 1. The Hall–Kier alpha value is -4.89. The molecule has 2 aliphatic rings. The van der Waals surface area contributed by atoms with Gasteiger partial charge in [-0.05, 0) is 13.0 Å². The first-order valence-corrected chi connectivity index (χ1v) is 13.3. The number of aromatic nitrogens is 8. The van der Waals surface area contributed by atoms with Crippen LogP contribution < -0.4 is 21.5 Å². The Morgan fingerprint density at radius 2 is 1.81 bits per heavy atom. The molecule has 0 aromatic carbocycles. The summed E-state index contributed by atoms with van der Waals surface area (Å²) in [7, 11) is 1.43. The van der Waals surface area contributed by atoms with E-state index in [1.54, 1.807) is 18.7 Å². The zero-order valence-electron chi connectivity index (χ0n) is 22.9. The van der Waals surface area contributed by atoms with Gasteiger partial charge in [0.15, 0.2) is 22.8 Å². The molecule has 4 aromatic rings. The lowest BCUT2D eigenvalue weighted by Gasteiger charge is -2.19. The summed E-state index contributed by atoms with van der Waals surface area (Å²) in [6, 6.07) is 0.537. The van der Waals surface area contributed by atoms with Gasteiger partial charge < -0.3 is 14.8 Å². The van der Waals surface area contributed by atoms with E-state index in [1.165, 1.54) is 42.6 Å². The van der Waals surface area contributed by atoms with Crippen LogP contribution >= 0.6 is 0 Å². The van der Waals surface area contributed by atoms with Crippen molar-refractivity contribution >= 4 is 34.6 Å². The highest BCUT2D eigenvalue weighted by atomic mass is 19.3. The van der Waals surface area contributed by atoms with Crippen molar-refractivity contribution in [3.63, 3.8) is 0 Å². The first-order chi connectivity index (χ1) is 20.0. The summed E-state index contributed by atoms with van der Waals surface area (Å²) >= 11 is 0. The van der Waals surface area contributed by atoms with Gasteiger partial charge >= 0.3 is 5.69 Å². The number of carbonyl (C=O) groups is 2. The Bertz CT molecular complexity index is 1830. The van der Waals surface area contributed by atoms with Crippen LogP contribution in [0.3, 0.4) is 0 Å². The third kappa shape index (κ3) is 4.42. The number of hydrogen-bond acceptors (Lipinski definition) is 10. The highest BCUT2D eigenvalue weighted by Crippen LogP contribution is 2.59. The average molecular weight is 581 g/mol. The second-order valence-electron chi connectivity index (χ2n) is 10.4. The van der Waals surface area contributed by atoms with Gasteiger partial charge in [0, 0.05) is 45.1 Å². The number of hydrogen-bond donors (Lipinski definition) is 1. The van der Waals surface area contributed by atoms with Gasteiger partial charge in [-0.25, -0.2) is 38.5 Å². The first kappa shape index (κ1) is 27.3. The molecule has 1 amide bonds. The molecule has 4 aromatic heterocycles. The van der Waals surface area contributed by atoms with Gasteiger partial charge in [-0.2, -0.15) is 0 Å². The molecular formula is C26H26F2N10O4. The zero-order chi connectivity index (χ0) is 29.9. The number of amides is 1. The number of Topliss-reactive ketones (excluding diaryl/α,β-unsaturated/α-hetero) is 1. The fraction of sp³-hybridized carbons (Fsp3) is 0.423. The van der Waals surface area contributed by atoms with Crippen LogP contribution in [0.15, 0.2) is 40.6 Å². The van der Waals surface area contributed by atoms with Crippen LogP contribution in [0.1, 0.15) is 26.3 Å². The molecule has 14 nitrogen and oxygen atoms in total. The molecule has 0 spiro atoms. The van der Waals surface area contributed by atoms with Crippen LogP contribution in [0.2, 0.25) is 0 Å². The maximum Gasteiger partial charge on any atom is 0.332 e. The number of piperidine rings is 1. The molecule has 16 heteroatoms. The maximum atomic E-state index is 13.5. The second-order valence-corrected chi connectivity index (χ2v) is 10.4. The first-order valence-electron chi connectivity index (χ1n) is 13.3. The summed E-state index contributed by atoms with van der Waals surface area (Å²) in [4.78, 5) is 74.1. The molecule has 1 saturated heterocycles. The molecule has 2 fully saturated rings. The van der Waals surface area contributed by atoms with Crippen molar-refractivity contribution in [1.29, 1.82) is 0 Å². The fourth-order valence-corrected chi connectivity index (χ4v) is 5.21. The number of fused-ring (bicyclic) bond motifs is 2. The van der Waals surface area contributed by atoms with E-state index in [-0.39, 0.29) is 54.6 Å². The molecule has 1 N–H and O–H groups in total. The summed E-state index contributed by atoms with van der Waals surface area (Å²) in [5.41, 5.74) is -0.859. The molecule has 1 aliphatic carbocycles. The van der Waals surface area contributed by atoms with Gasteiger partial charge in [0.25, 0.3) is 11.5 Å². The van der Waals surface area contributed by atoms with Crippen LogP contribution in [-0.2, 0) is 23.2 Å². The van der Waals surface area contributed by atoms with E-state index in [4.69, 9.17) is 0 Å². The number of carbonyl (C=O) groups excluding carboxylic acids is 2. The van der Waals surface area contributed by atoms with Gasteiger partial charge in [0.05, 0.1) is 30.3 Å². The number of aryl methyl sites for hydroxylation is 1. The summed E-state index contributed by atoms with van der Waals surface area (Å²) < 4.78 is 30.3. The van der Waals surface area contributed by atoms with Crippen molar-refractivity contribution in [1.82, 2.24) is 38.6 Å². The molecule has 42 heavy (non-hydrogen) atoms. The molecule has 5 heterocycles. The number of imidazole rings is 1. The normalized spacial score (nSPS) is 19.5. The summed E-state index contributed by atoms with van der Waals surface area (Å²) in [6.45, 7) is 3.22. The molecule has 2 unspecified atom stereocenters. The molecular weight excluding hydrogens is 554 g/mol. The predicted molar refractivity (Wildman–Crippen MR) is 145 cm³/mol. The Kier molecular flexibility index (Phi) is 6.42. The Morgan fingerprint density at radius 3 is 2.48 bits per heavy atom. The third-order valence-electron chi connectivity index (χ3n) is 7.87. The minimum atomic E-state index is -2.59. The van der Waals surface area contributed by atoms with E-state index < -0.39 is 41.0 Å². The van der Waals surface area contributed by atoms with Crippen LogP contribution in [0.4, 0.5) is 20.5 Å². The Labute approximate surface area is 236 Å². The second kappa shape index (κ2) is 9.88. The summed E-state index contributed by atoms with van der Waals surface area (Å²) in [5.74, 6) is -3.95. The van der Waals surface area contributed by atoms with Gasteiger partial charge in [0.2, 0.25) is 11.9 Å². The number of anilines is 2. The van der Waals surface area contributed by atoms with E-state index in [1.807, 2.05) is 0 Å². The predicted octanol–water partition coefficient (Wildman–Crippen LogP) is 1.02. The van der Waals surface area contributed by atoms with Gasteiger partial charge in [-0.3, -0.25) is 23.5 Å². The smallest absolute Gasteiger partial charge is 0.332 e. The number of nitrogens with zero attached hydrogens (tertiary/aromatic N) is 9. The number of rotatable bonds is 8. The van der Waals surface area contributed by atoms with E-state index in [9.17, 15) is 28.0 Å². The van der Waals surface area contributed by atoms with Crippen molar-refractivity contribution in [3.8, 4) is 11.4 Å². The highest BCUT2D eigenvalue weighted by Gasteiger charge is 2.72. The monoisotopic (exact) mass is 580 g/mol. The van der Waals surface area contributed by atoms with Gasteiger partial charge in [-0.15, -0.1) is 0 Å². The van der Waals surface area contributed by atoms with Crippen LogP contribution in [0.5, 0.6) is 0 Å². The maximum absolute atomic E-state index is 13.5. The van der Waals surface area contributed by atoms with Crippen LogP contribution in [0.25, 0.3) is 22.6 Å². The minimum Gasteiger partial charge on any atom is -0.340 e. The van der Waals surface area contributed by atoms with Crippen molar-refractivity contribution in [2.45, 2.75) is 38.8 Å². The summed E-state index contributed by atoms with van der Waals surface area (Å²) in [5, 5.41) is 2.69. The number of nitrogens with one attached hydrogen (secondary N) is 1. The molecule has 0 bridgehead atoms. The van der Waals surface area contributed by atoms with Crippen molar-refractivity contribution in [2.24, 2.45) is 18.9 Å². The largest absolute Gasteiger partial charge is 0.340 e. The fourth-order valence-electron chi connectivity index (χ4n) is 5.21. The molecule has 1 saturated carbocycles. The average Bonchev–Trinajstić information content (AvgIpc) is 3.41. The molecule has 218 valence electrons. The third-order valence-corrected chi connectivity index (χ3v) is 7.87. The molecule has 3 atom stereocenters. The Balaban J connectivity index is 1.20. The molecule has 1 aliphatic heterocycles. The van der Waals surface area contributed by atoms with Crippen molar-refractivity contribution in [2.75, 3.05) is 23.3 Å². The molecule has 0 radical (unpaired) electrons. The lowest BCUT2D eigenvalue weighted by atomic mass is 10.3. The standard InChI is InChI=1S/C26H26F2N10O4/c1-4-15(39)9-37-23(41)19-21(35(3)25(37)42)32-12-38(19)13(2)22(40)34-18-5-6-29-20(33-18)14-7-30-24(31-8-14)36-10-16-17(11-36)26(16,27)28/h5-8,12-13,16-17H,4,9-11H2,1-3H3,(H,29,33,34,40)/t13-,16?,17?/m0/s1. The van der Waals surface area contributed by atoms with E-state index in [0.29, 0.717) is 11.5 Å². The topological polar surface area (TPSA) is 163 Å². The van der Waals surface area contributed by atoms with Gasteiger partial charge in [-0.1, -0.05) is 6.92 Å². The quantitative estimate of drug-likeness (QED) is 0.318. The Morgan fingerprint density at radius 1 is 1.12 bits per heavy atom. The molecule has 6 rings (SSSR count). The van der Waals surface area contributed by atoms with Gasteiger partial charge in [0.1, 0.15) is 11.9 Å². The van der Waals surface area contributed by atoms with E-state index in [2.05, 4.69) is 30.2 Å². The van der Waals surface area contributed by atoms with E-state index in [0.717, 1.165) is 9.13 Å². The number of alkyl halides is 2. The van der Waals surface area contributed by atoms with Crippen LogP contribution in [-0.4, -0.2) is 69.3 Å². The summed E-state index contributed by atoms with van der Waals surface area (Å²) in [6.07, 6.45) is 5.87. The zero-order valence-corrected chi connectivity index (χ0v) is 22.9. The van der Waals surface area contributed by atoms with Crippen molar-refractivity contribution in [3.05, 3.63) is 51.8 Å². The van der Waals surface area contributed by atoms with Crippen molar-refractivity contribution < 1.29 is 18.4 Å². The SMILES string of the molecule is CCC(=O)Cn1c(=O)c2c(ncn2[C@@H](C)C(=O)Nc2ccnc(-c3cnc(N4CC5C(C4)C5(F)F)nc3)n2)n(C)c1=O. The van der Waals surface area contributed by atoms with E-state index >= 15 is 0 Å². The van der Waals surface area contributed by atoms with Crippen LogP contribution in [0, 0.1) is 11.8 Å². The minimum absolute atomic E-state index is 0.00305. The highest BCUT2D eigenvalue weighted by molar-refractivity contribution is 5.93.